The molecule has 1 heterocycles. The van der Waals surface area contributed by atoms with Crippen molar-refractivity contribution in [3.63, 3.8) is 0 Å². The van der Waals surface area contributed by atoms with Gasteiger partial charge in [-0.15, -0.1) is 0 Å². The van der Waals surface area contributed by atoms with E-state index in [2.05, 4.69) is 17.5 Å². The molecule has 4 heteroatoms. The molecule has 1 N–H and O–H groups in total. The van der Waals surface area contributed by atoms with Crippen molar-refractivity contribution in [3.8, 4) is 6.07 Å². The maximum Gasteiger partial charge on any atom is 0.256 e. The van der Waals surface area contributed by atoms with Crippen LogP contribution in [0.3, 0.4) is 0 Å². The fourth-order valence-corrected chi connectivity index (χ4v) is 3.79. The largest absolute Gasteiger partial charge is 0.322 e. The molecule has 4 rings (SSSR count). The summed E-state index contributed by atoms with van der Waals surface area (Å²) in [5, 5.41) is 12.8. The summed E-state index contributed by atoms with van der Waals surface area (Å²) in [7, 11) is 0. The van der Waals surface area contributed by atoms with Gasteiger partial charge in [-0.1, -0.05) is 23.8 Å². The van der Waals surface area contributed by atoms with Gasteiger partial charge >= 0.3 is 0 Å². The van der Waals surface area contributed by atoms with Crippen LogP contribution in [0.1, 0.15) is 45.6 Å². The standard InChI is InChI=1S/C23H21N3O/c1-15-6-11-21-19(14-15)22(18-4-2-3-5-20(18)26-21)23(27)25-17-9-7-16(8-10-17)12-13-24/h6-11,14H,2-5,12H2,1H3,(H,25,27). The number of rotatable bonds is 3. The Balaban J connectivity index is 1.76. The zero-order valence-electron chi connectivity index (χ0n) is 15.4. The van der Waals surface area contributed by atoms with Crippen molar-refractivity contribution in [1.82, 2.24) is 4.98 Å². The van der Waals surface area contributed by atoms with E-state index in [1.54, 1.807) is 0 Å². The number of fused-ring (bicyclic) bond motifs is 2. The highest BCUT2D eigenvalue weighted by atomic mass is 16.1. The molecule has 0 atom stereocenters. The van der Waals surface area contributed by atoms with Gasteiger partial charge in [-0.3, -0.25) is 9.78 Å². The molecule has 0 spiro atoms. The molecule has 1 amide bonds. The third-order valence-corrected chi connectivity index (χ3v) is 5.14. The SMILES string of the molecule is Cc1ccc2nc3c(c(C(=O)Nc4ccc(CC#N)cc4)c2c1)CCCC3. The van der Waals surface area contributed by atoms with Crippen LogP contribution in [-0.2, 0) is 19.3 Å². The van der Waals surface area contributed by atoms with E-state index in [0.29, 0.717) is 6.42 Å². The van der Waals surface area contributed by atoms with Gasteiger partial charge in [-0.2, -0.15) is 5.26 Å². The van der Waals surface area contributed by atoms with Gasteiger partial charge in [0.2, 0.25) is 0 Å². The number of hydrogen-bond donors (Lipinski definition) is 1. The second-order valence-corrected chi connectivity index (χ2v) is 7.13. The quantitative estimate of drug-likeness (QED) is 0.738. The minimum Gasteiger partial charge on any atom is -0.322 e. The van der Waals surface area contributed by atoms with Gasteiger partial charge in [0.05, 0.1) is 23.6 Å². The molecule has 0 fully saturated rings. The third kappa shape index (κ3) is 3.41. The Kier molecular flexibility index (Phi) is 4.60. The van der Waals surface area contributed by atoms with Crippen LogP contribution in [0.25, 0.3) is 10.9 Å². The molecule has 3 aromatic rings. The summed E-state index contributed by atoms with van der Waals surface area (Å²) in [6.07, 6.45) is 4.42. The number of carbonyl (C=O) groups is 1. The maximum absolute atomic E-state index is 13.2. The van der Waals surface area contributed by atoms with Crippen molar-refractivity contribution < 1.29 is 4.79 Å². The van der Waals surface area contributed by atoms with Gasteiger partial charge in [0.15, 0.2) is 0 Å². The molecule has 134 valence electrons. The molecule has 0 aliphatic heterocycles. The number of amides is 1. The Labute approximate surface area is 158 Å². The molecule has 4 nitrogen and oxygen atoms in total. The van der Waals surface area contributed by atoms with Gasteiger partial charge in [0.25, 0.3) is 5.91 Å². The number of nitriles is 1. The first-order valence-electron chi connectivity index (χ1n) is 9.35. The Morgan fingerprint density at radius 1 is 1.15 bits per heavy atom. The van der Waals surface area contributed by atoms with Crippen LogP contribution in [-0.4, -0.2) is 10.9 Å². The lowest BCUT2D eigenvalue weighted by molar-refractivity contribution is 0.102. The van der Waals surface area contributed by atoms with Crippen molar-refractivity contribution in [2.24, 2.45) is 0 Å². The number of pyridine rings is 1. The average Bonchev–Trinajstić information content (AvgIpc) is 2.68. The molecule has 2 aromatic carbocycles. The molecule has 0 saturated carbocycles. The summed E-state index contributed by atoms with van der Waals surface area (Å²) in [5.41, 5.74) is 6.61. The molecular weight excluding hydrogens is 334 g/mol. The van der Waals surface area contributed by atoms with E-state index in [0.717, 1.165) is 70.2 Å². The van der Waals surface area contributed by atoms with E-state index in [1.807, 2.05) is 43.3 Å². The van der Waals surface area contributed by atoms with Gasteiger partial charge in [-0.05, 0) is 68.0 Å². The summed E-state index contributed by atoms with van der Waals surface area (Å²) in [6, 6.07) is 15.7. The zero-order valence-corrected chi connectivity index (χ0v) is 15.4. The number of carbonyl (C=O) groups excluding carboxylic acids is 1. The first-order chi connectivity index (χ1) is 13.2. The molecule has 0 unspecified atom stereocenters. The van der Waals surface area contributed by atoms with Crippen molar-refractivity contribution >= 4 is 22.5 Å². The summed E-state index contributed by atoms with van der Waals surface area (Å²) >= 11 is 0. The predicted molar refractivity (Wildman–Crippen MR) is 107 cm³/mol. The second kappa shape index (κ2) is 7.20. The number of benzene rings is 2. The Morgan fingerprint density at radius 2 is 1.93 bits per heavy atom. The molecule has 1 aromatic heterocycles. The fraction of sp³-hybridized carbons (Fsp3) is 0.261. The van der Waals surface area contributed by atoms with Crippen molar-refractivity contribution in [3.05, 3.63) is 70.4 Å². The summed E-state index contributed by atoms with van der Waals surface area (Å²) < 4.78 is 0. The van der Waals surface area contributed by atoms with Crippen LogP contribution < -0.4 is 5.32 Å². The Bertz CT molecular complexity index is 1060. The predicted octanol–water partition coefficient (Wildman–Crippen LogP) is 4.74. The number of nitrogens with zero attached hydrogens (tertiary/aromatic N) is 2. The molecule has 0 saturated heterocycles. The number of hydrogen-bond acceptors (Lipinski definition) is 3. The lowest BCUT2D eigenvalue weighted by Gasteiger charge is -2.20. The van der Waals surface area contributed by atoms with E-state index < -0.39 is 0 Å². The fourth-order valence-electron chi connectivity index (χ4n) is 3.79. The van der Waals surface area contributed by atoms with E-state index in [1.165, 1.54) is 0 Å². The molecule has 0 radical (unpaired) electrons. The van der Waals surface area contributed by atoms with Crippen molar-refractivity contribution in [1.29, 1.82) is 5.26 Å². The molecular formula is C23H21N3O. The van der Waals surface area contributed by atoms with Crippen LogP contribution in [0, 0.1) is 18.3 Å². The molecule has 1 aliphatic rings. The molecule has 27 heavy (non-hydrogen) atoms. The Morgan fingerprint density at radius 3 is 2.70 bits per heavy atom. The van der Waals surface area contributed by atoms with E-state index in [9.17, 15) is 4.79 Å². The molecule has 1 aliphatic carbocycles. The van der Waals surface area contributed by atoms with Crippen LogP contribution in [0.15, 0.2) is 42.5 Å². The average molecular weight is 355 g/mol. The summed E-state index contributed by atoms with van der Waals surface area (Å²) in [4.78, 5) is 18.1. The van der Waals surface area contributed by atoms with Crippen LogP contribution in [0.5, 0.6) is 0 Å². The summed E-state index contributed by atoms with van der Waals surface area (Å²) in [5.74, 6) is -0.0841. The minimum atomic E-state index is -0.0841. The zero-order chi connectivity index (χ0) is 18.8. The summed E-state index contributed by atoms with van der Waals surface area (Å²) in [6.45, 7) is 2.04. The minimum absolute atomic E-state index is 0.0841. The highest BCUT2D eigenvalue weighted by molar-refractivity contribution is 6.13. The highest BCUT2D eigenvalue weighted by Gasteiger charge is 2.22. The van der Waals surface area contributed by atoms with Crippen LogP contribution in [0.2, 0.25) is 0 Å². The van der Waals surface area contributed by atoms with Gasteiger partial charge in [0, 0.05) is 16.8 Å². The smallest absolute Gasteiger partial charge is 0.256 e. The monoisotopic (exact) mass is 355 g/mol. The van der Waals surface area contributed by atoms with Crippen LogP contribution >= 0.6 is 0 Å². The lowest BCUT2D eigenvalue weighted by Crippen LogP contribution is -2.19. The van der Waals surface area contributed by atoms with E-state index in [4.69, 9.17) is 10.2 Å². The topological polar surface area (TPSA) is 65.8 Å². The normalized spacial score (nSPS) is 13.0. The second-order valence-electron chi connectivity index (χ2n) is 7.13. The van der Waals surface area contributed by atoms with Gasteiger partial charge in [-0.25, -0.2) is 0 Å². The van der Waals surface area contributed by atoms with E-state index in [-0.39, 0.29) is 5.91 Å². The first-order valence-corrected chi connectivity index (χ1v) is 9.35. The van der Waals surface area contributed by atoms with Gasteiger partial charge < -0.3 is 5.32 Å². The number of aromatic nitrogens is 1. The number of nitrogens with one attached hydrogen (secondary N) is 1. The highest BCUT2D eigenvalue weighted by Crippen LogP contribution is 2.30. The van der Waals surface area contributed by atoms with Gasteiger partial charge in [0.1, 0.15) is 0 Å². The van der Waals surface area contributed by atoms with Crippen LogP contribution in [0.4, 0.5) is 5.69 Å². The van der Waals surface area contributed by atoms with E-state index >= 15 is 0 Å². The number of anilines is 1. The first kappa shape index (κ1) is 17.2. The van der Waals surface area contributed by atoms with Crippen molar-refractivity contribution in [2.45, 2.75) is 39.0 Å². The Hall–Kier alpha value is -3.19. The third-order valence-electron chi connectivity index (χ3n) is 5.14. The lowest BCUT2D eigenvalue weighted by atomic mass is 9.89. The maximum atomic E-state index is 13.2. The number of aryl methyl sites for hydroxylation is 2. The molecule has 0 bridgehead atoms. The van der Waals surface area contributed by atoms with Crippen molar-refractivity contribution in [2.75, 3.05) is 5.32 Å².